The minimum atomic E-state index is -1.53. The minimum Gasteiger partial charge on any atom is -0.481 e. The first-order chi connectivity index (χ1) is 18.8. The number of benzene rings is 1. The molecule has 2 aromatic rings. The molecule has 0 spiro atoms. The predicted molar refractivity (Wildman–Crippen MR) is 137 cm³/mol. The van der Waals surface area contributed by atoms with Gasteiger partial charge in [0, 0.05) is 31.3 Å². The van der Waals surface area contributed by atoms with E-state index in [1.54, 1.807) is 6.20 Å². The summed E-state index contributed by atoms with van der Waals surface area (Å²) in [6.45, 7) is 2.10. The normalized spacial score (nSPS) is 20.3. The van der Waals surface area contributed by atoms with Crippen LogP contribution in [0.25, 0.3) is 0 Å². The summed E-state index contributed by atoms with van der Waals surface area (Å²) in [4.78, 5) is 49.5. The maximum absolute atomic E-state index is 13.9. The van der Waals surface area contributed by atoms with E-state index < -0.39 is 41.5 Å². The van der Waals surface area contributed by atoms with E-state index in [0.29, 0.717) is 18.9 Å². The molecule has 2 aliphatic rings. The van der Waals surface area contributed by atoms with Gasteiger partial charge in [-0.15, -0.1) is 0 Å². The number of carbonyl (C=O) groups excluding carboxylic acids is 2. The summed E-state index contributed by atoms with van der Waals surface area (Å²) in [5.41, 5.74) is 1.12. The van der Waals surface area contributed by atoms with Crippen LogP contribution in [0.1, 0.15) is 48.9 Å². The third kappa shape index (κ3) is 6.82. The number of carboxylic acid groups (broad SMARTS) is 1. The monoisotopic (exact) mass is 543 g/mol. The Morgan fingerprint density at radius 2 is 1.95 bits per heavy atom. The first kappa shape index (κ1) is 28.2. The van der Waals surface area contributed by atoms with E-state index in [1.165, 1.54) is 13.2 Å². The van der Waals surface area contributed by atoms with Gasteiger partial charge in [0.05, 0.1) is 6.04 Å². The van der Waals surface area contributed by atoms with Gasteiger partial charge in [0.15, 0.2) is 11.6 Å². The van der Waals surface area contributed by atoms with Crippen LogP contribution >= 0.6 is 0 Å². The van der Waals surface area contributed by atoms with Crippen molar-refractivity contribution in [3.8, 4) is 0 Å². The summed E-state index contributed by atoms with van der Waals surface area (Å²) >= 11 is 0. The van der Waals surface area contributed by atoms with Crippen LogP contribution in [-0.2, 0) is 14.3 Å². The standard InChI is InChI=1S/C27H31F2N5O5/c1-39-16-34(22(35)6-4-12-33-13-9-17(10-14-33)21-5-2-3-11-30-21)25-23(26(36)37)24(31-27(38)32-25)18-7-8-19(28)20(29)15-18/h2-3,5,7-8,11,15,17,23-24H,4,6,9-10,12-14,16H2,1H3,(H,31,38)(H,36,37). The molecule has 1 fully saturated rings. The summed E-state index contributed by atoms with van der Waals surface area (Å²) < 4.78 is 32.5. The van der Waals surface area contributed by atoms with Crippen LogP contribution in [0.15, 0.2) is 47.6 Å². The molecule has 208 valence electrons. The number of aliphatic imine (C=N–C) groups is 1. The quantitative estimate of drug-likeness (QED) is 0.465. The molecule has 2 N–H and O–H groups in total. The molecule has 3 heterocycles. The van der Waals surface area contributed by atoms with Gasteiger partial charge in [0.25, 0.3) is 0 Å². The molecule has 0 saturated carbocycles. The molecule has 2 atom stereocenters. The fourth-order valence-corrected chi connectivity index (χ4v) is 5.09. The maximum atomic E-state index is 13.9. The molecule has 4 rings (SSSR count). The van der Waals surface area contributed by atoms with Gasteiger partial charge < -0.3 is 20.1 Å². The number of rotatable bonds is 9. The Bertz CT molecular complexity index is 1220. The highest BCUT2D eigenvalue weighted by atomic mass is 19.2. The largest absolute Gasteiger partial charge is 0.481 e. The first-order valence-corrected chi connectivity index (χ1v) is 12.8. The molecule has 1 aromatic heterocycles. The fourth-order valence-electron chi connectivity index (χ4n) is 5.09. The number of amides is 3. The average Bonchev–Trinajstić information content (AvgIpc) is 2.93. The van der Waals surface area contributed by atoms with Crippen LogP contribution in [-0.4, -0.2) is 77.1 Å². The smallest absolute Gasteiger partial charge is 0.343 e. The van der Waals surface area contributed by atoms with Crippen LogP contribution in [0.2, 0.25) is 0 Å². The number of aliphatic carboxylic acids is 1. The number of halogens is 2. The van der Waals surface area contributed by atoms with Crippen LogP contribution in [0.5, 0.6) is 0 Å². The Balaban J connectivity index is 1.41. The average molecular weight is 544 g/mol. The molecule has 12 heteroatoms. The van der Waals surface area contributed by atoms with Gasteiger partial charge in [0.1, 0.15) is 18.5 Å². The Hall–Kier alpha value is -3.77. The number of pyridine rings is 1. The van der Waals surface area contributed by atoms with Crippen molar-refractivity contribution in [2.45, 2.75) is 37.6 Å². The lowest BCUT2D eigenvalue weighted by molar-refractivity contribution is -0.140. The highest BCUT2D eigenvalue weighted by Crippen LogP contribution is 2.30. The summed E-state index contributed by atoms with van der Waals surface area (Å²) in [5, 5.41) is 12.4. The number of piperidine rings is 1. The molecule has 1 aromatic carbocycles. The van der Waals surface area contributed by atoms with Gasteiger partial charge in [0.2, 0.25) is 5.91 Å². The van der Waals surface area contributed by atoms with Crippen molar-refractivity contribution in [3.05, 3.63) is 65.5 Å². The fraction of sp³-hybridized carbons (Fsp3) is 0.444. The molecule has 3 amide bonds. The lowest BCUT2D eigenvalue weighted by Gasteiger charge is -2.35. The molecule has 0 radical (unpaired) electrons. The van der Waals surface area contributed by atoms with Crippen molar-refractivity contribution >= 4 is 23.7 Å². The van der Waals surface area contributed by atoms with Crippen molar-refractivity contribution in [2.24, 2.45) is 10.9 Å². The summed E-state index contributed by atoms with van der Waals surface area (Å²) in [7, 11) is 1.33. The van der Waals surface area contributed by atoms with Gasteiger partial charge in [-0.25, -0.2) is 13.6 Å². The number of amidine groups is 1. The highest BCUT2D eigenvalue weighted by molar-refractivity contribution is 6.12. The third-order valence-electron chi connectivity index (χ3n) is 7.07. The Kier molecular flexibility index (Phi) is 9.31. The molecule has 0 aliphatic carbocycles. The van der Waals surface area contributed by atoms with Crippen molar-refractivity contribution in [1.82, 2.24) is 20.1 Å². The molecule has 0 bridgehead atoms. The van der Waals surface area contributed by atoms with Crippen molar-refractivity contribution < 1.29 is 33.0 Å². The molecular formula is C27H31F2N5O5. The van der Waals surface area contributed by atoms with E-state index >= 15 is 0 Å². The lowest BCUT2D eigenvalue weighted by Crippen LogP contribution is -2.53. The maximum Gasteiger partial charge on any atom is 0.343 e. The van der Waals surface area contributed by atoms with Gasteiger partial charge >= 0.3 is 12.0 Å². The second-order valence-electron chi connectivity index (χ2n) is 9.60. The van der Waals surface area contributed by atoms with E-state index in [0.717, 1.165) is 48.7 Å². The Labute approximate surface area is 224 Å². The SMILES string of the molecule is COCN(C(=O)CCCN1CCC(c2ccccn2)CC1)C1=NC(=O)NC(c2ccc(F)c(F)c2)C1C(=O)O. The van der Waals surface area contributed by atoms with Gasteiger partial charge in [-0.1, -0.05) is 12.1 Å². The number of urea groups is 1. The van der Waals surface area contributed by atoms with Crippen LogP contribution in [0.3, 0.4) is 0 Å². The molecule has 1 saturated heterocycles. The zero-order valence-electron chi connectivity index (χ0n) is 21.6. The Morgan fingerprint density at radius 3 is 2.59 bits per heavy atom. The second-order valence-corrected chi connectivity index (χ2v) is 9.60. The predicted octanol–water partition coefficient (Wildman–Crippen LogP) is 3.32. The summed E-state index contributed by atoms with van der Waals surface area (Å²) in [6, 6.07) is 6.60. The van der Waals surface area contributed by atoms with Crippen LogP contribution in [0.4, 0.5) is 13.6 Å². The first-order valence-electron chi connectivity index (χ1n) is 12.8. The van der Waals surface area contributed by atoms with E-state index in [4.69, 9.17) is 4.74 Å². The zero-order chi connectivity index (χ0) is 27.9. The van der Waals surface area contributed by atoms with Gasteiger partial charge in [-0.05, 0) is 68.7 Å². The Morgan fingerprint density at radius 1 is 1.18 bits per heavy atom. The number of hydrogen-bond acceptors (Lipinski definition) is 6. The second kappa shape index (κ2) is 12.9. The number of ether oxygens (including phenoxy) is 1. The molecular weight excluding hydrogens is 512 g/mol. The number of methoxy groups -OCH3 is 1. The van der Waals surface area contributed by atoms with E-state index in [1.807, 2.05) is 18.2 Å². The van der Waals surface area contributed by atoms with Gasteiger partial charge in [-0.3, -0.25) is 19.5 Å². The molecule has 2 aliphatic heterocycles. The number of nitrogens with one attached hydrogen (secondary N) is 1. The highest BCUT2D eigenvalue weighted by Gasteiger charge is 2.43. The molecule has 39 heavy (non-hydrogen) atoms. The van der Waals surface area contributed by atoms with Crippen LogP contribution < -0.4 is 5.32 Å². The van der Waals surface area contributed by atoms with Crippen molar-refractivity contribution in [2.75, 3.05) is 33.5 Å². The molecule has 2 unspecified atom stereocenters. The van der Waals surface area contributed by atoms with E-state index in [-0.39, 0.29) is 24.6 Å². The number of likely N-dealkylation sites (tertiary alicyclic amines) is 1. The minimum absolute atomic E-state index is 0.0287. The van der Waals surface area contributed by atoms with E-state index in [9.17, 15) is 28.3 Å². The topological polar surface area (TPSA) is 124 Å². The summed E-state index contributed by atoms with van der Waals surface area (Å²) in [5.74, 6) is -5.59. The van der Waals surface area contributed by atoms with Crippen molar-refractivity contribution in [1.29, 1.82) is 0 Å². The zero-order valence-corrected chi connectivity index (χ0v) is 21.6. The number of hydrogen-bond donors (Lipinski definition) is 2. The van der Waals surface area contributed by atoms with Crippen molar-refractivity contribution in [3.63, 3.8) is 0 Å². The van der Waals surface area contributed by atoms with E-state index in [2.05, 4.69) is 20.2 Å². The number of carbonyl (C=O) groups is 3. The number of nitrogens with zero attached hydrogens (tertiary/aromatic N) is 4. The summed E-state index contributed by atoms with van der Waals surface area (Å²) in [6.07, 6.45) is 4.33. The number of carboxylic acids is 1. The third-order valence-corrected chi connectivity index (χ3v) is 7.07. The number of aromatic nitrogens is 1. The lowest BCUT2D eigenvalue weighted by atomic mass is 9.90. The molecule has 10 nitrogen and oxygen atoms in total. The van der Waals surface area contributed by atoms with Crippen LogP contribution in [0, 0.1) is 17.6 Å². The van der Waals surface area contributed by atoms with Gasteiger partial charge in [-0.2, -0.15) is 4.99 Å².